The maximum Gasteiger partial charge on any atom is 0.337 e. The molecule has 0 bridgehead atoms. The van der Waals surface area contributed by atoms with Gasteiger partial charge < -0.3 is 10.2 Å². The predicted octanol–water partition coefficient (Wildman–Crippen LogP) is 2.71. The number of para-hydroxylation sites is 1. The van der Waals surface area contributed by atoms with Crippen molar-refractivity contribution in [3.63, 3.8) is 0 Å². The van der Waals surface area contributed by atoms with Crippen LogP contribution < -0.4 is 4.31 Å². The number of rotatable bonds is 7. The Morgan fingerprint density at radius 2 is 1.60 bits per heavy atom. The first-order valence-electron chi connectivity index (χ1n) is 7.06. The lowest BCUT2D eigenvalue weighted by atomic mass is 10.2. The number of sulfonamides is 1. The van der Waals surface area contributed by atoms with Gasteiger partial charge in [0.1, 0.15) is 0 Å². The normalized spacial score (nSPS) is 11.1. The highest BCUT2D eigenvalue weighted by Gasteiger charge is 2.28. The Labute approximate surface area is 149 Å². The smallest absolute Gasteiger partial charge is 0.337 e. The summed E-state index contributed by atoms with van der Waals surface area (Å²) >= 11 is 5.76. The molecule has 0 unspecified atom stereocenters. The highest BCUT2D eigenvalue weighted by Crippen LogP contribution is 2.28. The molecule has 0 aliphatic carbocycles. The predicted molar refractivity (Wildman–Crippen MR) is 91.6 cm³/mol. The number of anilines is 1. The molecular weight excluding hydrogens is 370 g/mol. The first-order chi connectivity index (χ1) is 11.7. The molecule has 0 saturated heterocycles. The molecule has 0 radical (unpaired) electrons. The Balaban J connectivity index is 2.58. The molecule has 0 atom stereocenters. The van der Waals surface area contributed by atoms with E-state index in [1.165, 1.54) is 48.5 Å². The lowest BCUT2D eigenvalue weighted by molar-refractivity contribution is -0.136. The lowest BCUT2D eigenvalue weighted by Gasteiger charge is -2.25. The van der Waals surface area contributed by atoms with Gasteiger partial charge >= 0.3 is 11.9 Å². The minimum absolute atomic E-state index is 0.105. The number of aliphatic carboxylic acids is 1. The van der Waals surface area contributed by atoms with Gasteiger partial charge in [-0.2, -0.15) is 0 Å². The summed E-state index contributed by atoms with van der Waals surface area (Å²) in [6, 6.07) is 10.8. The molecule has 0 saturated carbocycles. The van der Waals surface area contributed by atoms with Crippen molar-refractivity contribution in [1.82, 2.24) is 0 Å². The van der Waals surface area contributed by atoms with Gasteiger partial charge in [0.05, 0.1) is 22.6 Å². The molecule has 0 heterocycles. The first kappa shape index (κ1) is 18.8. The van der Waals surface area contributed by atoms with Crippen LogP contribution in [0.15, 0.2) is 53.4 Å². The van der Waals surface area contributed by atoms with Gasteiger partial charge in [-0.15, -0.1) is 0 Å². The van der Waals surface area contributed by atoms with E-state index < -0.39 is 34.9 Å². The van der Waals surface area contributed by atoms with E-state index in [-0.39, 0.29) is 16.1 Å². The minimum Gasteiger partial charge on any atom is -0.481 e. The number of carboxylic acid groups (broad SMARTS) is 2. The van der Waals surface area contributed by atoms with Crippen LogP contribution in [0.4, 0.5) is 5.69 Å². The van der Waals surface area contributed by atoms with Gasteiger partial charge in [0.25, 0.3) is 10.0 Å². The molecule has 0 aliphatic rings. The van der Waals surface area contributed by atoms with Crippen molar-refractivity contribution in [2.75, 3.05) is 10.8 Å². The van der Waals surface area contributed by atoms with Crippen LogP contribution in [0.25, 0.3) is 0 Å². The Morgan fingerprint density at radius 1 is 1.00 bits per heavy atom. The van der Waals surface area contributed by atoms with Crippen LogP contribution in [0.5, 0.6) is 0 Å². The number of aromatic carboxylic acids is 1. The fourth-order valence-electron chi connectivity index (χ4n) is 2.17. The van der Waals surface area contributed by atoms with Crippen LogP contribution in [-0.2, 0) is 14.8 Å². The van der Waals surface area contributed by atoms with Gasteiger partial charge in [0.2, 0.25) is 0 Å². The van der Waals surface area contributed by atoms with Crippen LogP contribution >= 0.6 is 11.6 Å². The standard InChI is InChI=1S/C16H14ClNO6S/c17-11-5-7-12(8-6-11)25(23,24)18(10-9-15(19)20)14-4-2-1-3-13(14)16(21)22/h1-8H,9-10H2,(H,19,20)(H,21,22). The molecule has 2 aromatic carbocycles. The first-order valence-corrected chi connectivity index (χ1v) is 8.87. The summed E-state index contributed by atoms with van der Waals surface area (Å²) in [5.41, 5.74) is -0.350. The second-order valence-corrected chi connectivity index (χ2v) is 7.30. The van der Waals surface area contributed by atoms with Gasteiger partial charge in [0.15, 0.2) is 0 Å². The molecule has 2 aromatic rings. The molecule has 0 fully saturated rings. The van der Waals surface area contributed by atoms with Crippen LogP contribution in [0.1, 0.15) is 16.8 Å². The van der Waals surface area contributed by atoms with Crippen LogP contribution in [-0.4, -0.2) is 37.1 Å². The molecule has 9 heteroatoms. The summed E-state index contributed by atoms with van der Waals surface area (Å²) in [4.78, 5) is 22.2. The summed E-state index contributed by atoms with van der Waals surface area (Å²) < 4.78 is 26.6. The topological polar surface area (TPSA) is 112 Å². The lowest BCUT2D eigenvalue weighted by Crippen LogP contribution is -2.34. The number of halogens is 1. The maximum atomic E-state index is 12.9. The zero-order valence-corrected chi connectivity index (χ0v) is 14.4. The van der Waals surface area contributed by atoms with Gasteiger partial charge in [0, 0.05) is 11.6 Å². The molecule has 0 amide bonds. The fraction of sp³-hybridized carbons (Fsp3) is 0.125. The molecule has 2 rings (SSSR count). The van der Waals surface area contributed by atoms with Crippen molar-refractivity contribution in [3.05, 3.63) is 59.1 Å². The quantitative estimate of drug-likeness (QED) is 0.760. The number of hydrogen-bond donors (Lipinski definition) is 2. The summed E-state index contributed by atoms with van der Waals surface area (Å²) in [7, 11) is -4.17. The number of hydrogen-bond acceptors (Lipinski definition) is 4. The third-order valence-electron chi connectivity index (χ3n) is 3.33. The average Bonchev–Trinajstić information content (AvgIpc) is 2.55. The second-order valence-electron chi connectivity index (χ2n) is 5.00. The largest absolute Gasteiger partial charge is 0.481 e. The molecule has 25 heavy (non-hydrogen) atoms. The van der Waals surface area contributed by atoms with E-state index in [1.807, 2.05) is 0 Å². The van der Waals surface area contributed by atoms with E-state index in [9.17, 15) is 23.1 Å². The van der Waals surface area contributed by atoms with E-state index in [4.69, 9.17) is 16.7 Å². The zero-order chi connectivity index (χ0) is 18.6. The third kappa shape index (κ3) is 4.28. The third-order valence-corrected chi connectivity index (χ3v) is 5.41. The van der Waals surface area contributed by atoms with Gasteiger partial charge in [-0.25, -0.2) is 13.2 Å². The van der Waals surface area contributed by atoms with Crippen molar-refractivity contribution in [3.8, 4) is 0 Å². The fourth-order valence-corrected chi connectivity index (χ4v) is 3.78. The molecule has 0 spiro atoms. The van der Waals surface area contributed by atoms with Gasteiger partial charge in [-0.3, -0.25) is 9.10 Å². The summed E-state index contributed by atoms with van der Waals surface area (Å²) in [6.07, 6.45) is -0.485. The maximum absolute atomic E-state index is 12.9. The molecule has 132 valence electrons. The number of carbonyl (C=O) groups is 2. The van der Waals surface area contributed by atoms with E-state index in [0.29, 0.717) is 5.02 Å². The molecule has 2 N–H and O–H groups in total. The molecular formula is C16H14ClNO6S. The Kier molecular flexibility index (Phi) is 5.66. The van der Waals surface area contributed by atoms with E-state index in [1.54, 1.807) is 0 Å². The monoisotopic (exact) mass is 383 g/mol. The molecule has 0 aromatic heterocycles. The van der Waals surface area contributed by atoms with Crippen molar-refractivity contribution in [1.29, 1.82) is 0 Å². The van der Waals surface area contributed by atoms with E-state index in [0.717, 1.165) is 4.31 Å². The van der Waals surface area contributed by atoms with E-state index >= 15 is 0 Å². The van der Waals surface area contributed by atoms with Crippen LogP contribution in [0.3, 0.4) is 0 Å². The average molecular weight is 384 g/mol. The summed E-state index contributed by atoms with van der Waals surface area (Å²) in [5.74, 6) is -2.52. The molecule has 7 nitrogen and oxygen atoms in total. The van der Waals surface area contributed by atoms with Crippen molar-refractivity contribution in [2.45, 2.75) is 11.3 Å². The Hall–Kier alpha value is -2.58. The van der Waals surface area contributed by atoms with Crippen molar-refractivity contribution >= 4 is 39.3 Å². The SMILES string of the molecule is O=C(O)CCN(c1ccccc1C(=O)O)S(=O)(=O)c1ccc(Cl)cc1. The summed E-state index contributed by atoms with van der Waals surface area (Å²) in [5, 5.41) is 18.5. The van der Waals surface area contributed by atoms with Crippen molar-refractivity contribution < 1.29 is 28.2 Å². The highest BCUT2D eigenvalue weighted by molar-refractivity contribution is 7.92. The van der Waals surface area contributed by atoms with E-state index in [2.05, 4.69) is 0 Å². The van der Waals surface area contributed by atoms with Gasteiger partial charge in [-0.05, 0) is 36.4 Å². The van der Waals surface area contributed by atoms with Crippen LogP contribution in [0, 0.1) is 0 Å². The summed E-state index contributed by atoms with van der Waals surface area (Å²) in [6.45, 7) is -0.412. The second kappa shape index (κ2) is 7.54. The zero-order valence-electron chi connectivity index (χ0n) is 12.8. The number of benzene rings is 2. The highest BCUT2D eigenvalue weighted by atomic mass is 35.5. The minimum atomic E-state index is -4.17. The Morgan fingerprint density at radius 3 is 2.16 bits per heavy atom. The van der Waals surface area contributed by atoms with Gasteiger partial charge in [-0.1, -0.05) is 23.7 Å². The number of carboxylic acids is 2. The Bertz CT molecular complexity index is 895. The number of nitrogens with zero attached hydrogens (tertiary/aromatic N) is 1. The van der Waals surface area contributed by atoms with Crippen LogP contribution in [0.2, 0.25) is 5.02 Å². The van der Waals surface area contributed by atoms with Crippen molar-refractivity contribution in [2.24, 2.45) is 0 Å². The molecule has 0 aliphatic heterocycles.